The van der Waals surface area contributed by atoms with Gasteiger partial charge >= 0.3 is 0 Å². The van der Waals surface area contributed by atoms with Gasteiger partial charge in [0.05, 0.1) is 17.3 Å². The second kappa shape index (κ2) is 7.72. The summed E-state index contributed by atoms with van der Waals surface area (Å²) < 4.78 is 16.0. The van der Waals surface area contributed by atoms with E-state index in [4.69, 9.17) is 10.1 Å². The molecule has 1 aromatic heterocycles. The van der Waals surface area contributed by atoms with E-state index in [1.165, 1.54) is 17.7 Å². The maximum Gasteiger partial charge on any atom is 0.159 e. The van der Waals surface area contributed by atoms with Gasteiger partial charge in [-0.3, -0.25) is 4.79 Å². The molecule has 176 valence electrons. The van der Waals surface area contributed by atoms with Gasteiger partial charge in [-0.05, 0) is 42.5 Å². The average molecular weight is 458 g/mol. The fourth-order valence-electron chi connectivity index (χ4n) is 5.51. The molecule has 0 N–H and O–H groups in total. The molecule has 3 aromatic rings. The molecule has 0 bridgehead atoms. The van der Waals surface area contributed by atoms with Crippen molar-refractivity contribution in [3.05, 3.63) is 76.7 Å². The van der Waals surface area contributed by atoms with Crippen molar-refractivity contribution in [2.45, 2.75) is 65.7 Å². The van der Waals surface area contributed by atoms with Gasteiger partial charge in [0.2, 0.25) is 0 Å². The first-order valence-electron chi connectivity index (χ1n) is 12.0. The van der Waals surface area contributed by atoms with Crippen LogP contribution in [-0.2, 0) is 10.2 Å². The molecule has 0 saturated heterocycles. The largest absolute Gasteiger partial charge is 0.299 e. The Hall–Kier alpha value is -3.08. The molecule has 1 fully saturated rings. The topological polar surface area (TPSA) is 47.2 Å². The monoisotopic (exact) mass is 457 g/mol. The number of ketones is 1. The molecule has 5 rings (SSSR count). The van der Waals surface area contributed by atoms with E-state index < -0.39 is 0 Å². The summed E-state index contributed by atoms with van der Waals surface area (Å²) in [7, 11) is 0. The van der Waals surface area contributed by atoms with E-state index in [1.807, 2.05) is 6.07 Å². The smallest absolute Gasteiger partial charge is 0.159 e. The fraction of sp³-hybridized carbons (Fsp3) is 0.414. The number of rotatable bonds is 2. The number of carbonyl (C=O) groups excluding carboxylic acids is 1. The highest BCUT2D eigenvalue weighted by molar-refractivity contribution is 6.11. The summed E-state index contributed by atoms with van der Waals surface area (Å²) in [6.07, 6.45) is 1.29. The molecular formula is C29H32FN3O. The Labute approximate surface area is 200 Å². The zero-order valence-corrected chi connectivity index (χ0v) is 20.8. The molecule has 1 aliphatic heterocycles. The second-order valence-electron chi connectivity index (χ2n) is 11.7. The van der Waals surface area contributed by atoms with Crippen molar-refractivity contribution in [3.8, 4) is 5.69 Å². The van der Waals surface area contributed by atoms with Crippen molar-refractivity contribution in [1.82, 2.24) is 9.78 Å². The molecule has 2 aliphatic rings. The number of carbonyl (C=O) groups is 1. The van der Waals surface area contributed by atoms with Gasteiger partial charge in [0.25, 0.3) is 0 Å². The summed E-state index contributed by atoms with van der Waals surface area (Å²) in [4.78, 5) is 18.8. The fourth-order valence-corrected chi connectivity index (χ4v) is 5.51. The van der Waals surface area contributed by atoms with Crippen LogP contribution in [0.5, 0.6) is 0 Å². The van der Waals surface area contributed by atoms with E-state index in [0.29, 0.717) is 12.1 Å². The van der Waals surface area contributed by atoms with Crippen molar-refractivity contribution in [1.29, 1.82) is 0 Å². The van der Waals surface area contributed by atoms with E-state index in [1.54, 1.807) is 10.7 Å². The van der Waals surface area contributed by atoms with Crippen molar-refractivity contribution in [2.75, 3.05) is 0 Å². The van der Waals surface area contributed by atoms with Gasteiger partial charge in [0.15, 0.2) is 5.82 Å². The predicted octanol–water partition coefficient (Wildman–Crippen LogP) is 6.84. The van der Waals surface area contributed by atoms with Crippen molar-refractivity contribution >= 4 is 17.3 Å². The number of benzene rings is 2. The Morgan fingerprint density at radius 1 is 1.03 bits per heavy atom. The van der Waals surface area contributed by atoms with Gasteiger partial charge in [-0.1, -0.05) is 70.5 Å². The molecule has 2 heterocycles. The van der Waals surface area contributed by atoms with Gasteiger partial charge in [0.1, 0.15) is 11.6 Å². The molecule has 34 heavy (non-hydrogen) atoms. The lowest BCUT2D eigenvalue weighted by molar-refractivity contribution is -0.124. The van der Waals surface area contributed by atoms with Crippen LogP contribution in [0.2, 0.25) is 0 Å². The highest BCUT2D eigenvalue weighted by Gasteiger charge is 2.48. The summed E-state index contributed by atoms with van der Waals surface area (Å²) in [6, 6.07) is 14.9. The Morgan fingerprint density at radius 3 is 2.38 bits per heavy atom. The first-order valence-corrected chi connectivity index (χ1v) is 12.0. The van der Waals surface area contributed by atoms with Gasteiger partial charge in [-0.15, -0.1) is 0 Å². The molecule has 1 aliphatic carbocycles. The summed E-state index contributed by atoms with van der Waals surface area (Å²) in [5, 5.41) is 5.02. The molecule has 0 spiro atoms. The van der Waals surface area contributed by atoms with Crippen LogP contribution in [0.1, 0.15) is 75.8 Å². The molecule has 2 unspecified atom stereocenters. The van der Waals surface area contributed by atoms with Crippen LogP contribution < -0.4 is 0 Å². The van der Waals surface area contributed by atoms with Crippen LogP contribution in [0.15, 0.2) is 53.5 Å². The predicted molar refractivity (Wildman–Crippen MR) is 134 cm³/mol. The minimum absolute atomic E-state index is 0.141. The Morgan fingerprint density at radius 2 is 1.74 bits per heavy atom. The minimum atomic E-state index is -0.315. The summed E-state index contributed by atoms with van der Waals surface area (Å²) in [6.45, 7) is 12.7. The van der Waals surface area contributed by atoms with Crippen LogP contribution in [0.3, 0.4) is 0 Å². The van der Waals surface area contributed by atoms with E-state index in [0.717, 1.165) is 34.8 Å². The van der Waals surface area contributed by atoms with Crippen LogP contribution in [0, 0.1) is 24.1 Å². The number of halogens is 1. The van der Waals surface area contributed by atoms with Gasteiger partial charge in [-0.2, -0.15) is 5.10 Å². The lowest BCUT2D eigenvalue weighted by Crippen LogP contribution is -2.42. The van der Waals surface area contributed by atoms with E-state index in [2.05, 4.69) is 65.8 Å². The number of aliphatic imine (C=N–C) groups is 1. The lowest BCUT2D eigenvalue weighted by atomic mass is 9.63. The van der Waals surface area contributed by atoms with Crippen LogP contribution in [-0.4, -0.2) is 21.3 Å². The van der Waals surface area contributed by atoms with Crippen molar-refractivity contribution in [3.63, 3.8) is 0 Å². The Balaban J connectivity index is 1.84. The summed E-state index contributed by atoms with van der Waals surface area (Å²) in [5.74, 6) is 0.185. The second-order valence-corrected chi connectivity index (χ2v) is 11.7. The number of hydrogen-bond donors (Lipinski definition) is 0. The number of hydrogen-bond acceptors (Lipinski definition) is 3. The number of aryl methyl sites for hydroxylation is 1. The van der Waals surface area contributed by atoms with Crippen molar-refractivity contribution in [2.24, 2.45) is 16.3 Å². The molecule has 1 saturated carbocycles. The molecule has 2 atom stereocenters. The number of nitrogens with zero attached hydrogens (tertiary/aromatic N) is 3. The number of aromatic nitrogens is 2. The standard InChI is InChI=1S/C29H32FN3O/c1-17-10-12-18(13-11-17)23-24-21(15-29(5,6)16-22(24)34)31-27-25(23)26(28(2,3)4)32-33(27)20-9-7-8-19(30)14-20/h7-14,23-24H,15-16H2,1-6H3. The van der Waals surface area contributed by atoms with Crippen molar-refractivity contribution < 1.29 is 9.18 Å². The lowest BCUT2D eigenvalue weighted by Gasteiger charge is -2.41. The number of fused-ring (bicyclic) bond motifs is 2. The van der Waals surface area contributed by atoms with Crippen LogP contribution >= 0.6 is 0 Å². The highest BCUT2D eigenvalue weighted by atomic mass is 19.1. The quantitative estimate of drug-likeness (QED) is 0.423. The summed E-state index contributed by atoms with van der Waals surface area (Å²) >= 11 is 0. The summed E-state index contributed by atoms with van der Waals surface area (Å²) in [5.41, 5.74) is 5.29. The molecule has 5 heteroatoms. The third-order valence-corrected chi connectivity index (χ3v) is 7.01. The Kier molecular flexibility index (Phi) is 5.16. The average Bonchev–Trinajstić information content (AvgIpc) is 3.12. The van der Waals surface area contributed by atoms with Crippen LogP contribution in [0.4, 0.5) is 10.2 Å². The molecule has 4 nitrogen and oxygen atoms in total. The first kappa shape index (κ1) is 22.7. The van der Waals surface area contributed by atoms with Gasteiger partial charge in [0, 0.05) is 29.0 Å². The van der Waals surface area contributed by atoms with Gasteiger partial charge in [-0.25, -0.2) is 14.1 Å². The Bertz CT molecular complexity index is 1310. The molecule has 0 radical (unpaired) electrons. The third kappa shape index (κ3) is 3.81. The van der Waals surface area contributed by atoms with E-state index in [9.17, 15) is 9.18 Å². The molecule has 2 aromatic carbocycles. The maximum atomic E-state index is 14.2. The number of Topliss-reactive ketones (excluding diaryl/α,β-unsaturated/α-hetero) is 1. The SMILES string of the molecule is Cc1ccc(C2c3c(C(C)(C)C)nn(-c4cccc(F)c4)c3N=C3CC(C)(C)CC(=O)C32)cc1. The van der Waals surface area contributed by atoms with Gasteiger partial charge < -0.3 is 0 Å². The first-order chi connectivity index (χ1) is 15.9. The zero-order valence-electron chi connectivity index (χ0n) is 20.8. The minimum Gasteiger partial charge on any atom is -0.299 e. The maximum absolute atomic E-state index is 14.2. The van der Waals surface area contributed by atoms with E-state index >= 15 is 0 Å². The normalized spacial score (nSPS) is 21.6. The van der Waals surface area contributed by atoms with E-state index in [-0.39, 0.29) is 34.3 Å². The third-order valence-electron chi connectivity index (χ3n) is 7.01. The molecular weight excluding hydrogens is 425 g/mol. The van der Waals surface area contributed by atoms with Crippen LogP contribution in [0.25, 0.3) is 5.69 Å². The highest BCUT2D eigenvalue weighted by Crippen LogP contribution is 2.52. The molecule has 0 amide bonds. The zero-order chi connectivity index (χ0) is 24.4.